The van der Waals surface area contributed by atoms with Crippen LogP contribution in [0.3, 0.4) is 0 Å². The Kier molecular flexibility index (Phi) is 4.63. The second-order valence-electron chi connectivity index (χ2n) is 3.93. The first-order valence-electron chi connectivity index (χ1n) is 5.06. The lowest BCUT2D eigenvalue weighted by atomic mass is 10.1. The molecule has 1 aromatic rings. The lowest BCUT2D eigenvalue weighted by molar-refractivity contribution is 0.0949. The molecular weight excluding hydrogens is 210 g/mol. The number of hydrogen-bond donors (Lipinski definition) is 1. The second kappa shape index (κ2) is 5.76. The van der Waals surface area contributed by atoms with Gasteiger partial charge in [0.2, 0.25) is 0 Å². The summed E-state index contributed by atoms with van der Waals surface area (Å²) < 4.78 is 0. The second-order valence-corrected chi connectivity index (χ2v) is 4.20. The zero-order valence-corrected chi connectivity index (χ0v) is 9.84. The molecule has 0 saturated carbocycles. The molecule has 82 valence electrons. The van der Waals surface area contributed by atoms with Crippen molar-refractivity contribution in [1.82, 2.24) is 5.32 Å². The van der Waals surface area contributed by atoms with Crippen molar-refractivity contribution in [1.29, 1.82) is 0 Å². The molecule has 0 aliphatic rings. The highest BCUT2D eigenvalue weighted by Gasteiger charge is 2.05. The van der Waals surface area contributed by atoms with Crippen LogP contribution in [-0.2, 0) is 5.88 Å². The molecule has 1 rings (SSSR count). The first kappa shape index (κ1) is 12.1. The number of amides is 1. The van der Waals surface area contributed by atoms with Gasteiger partial charge in [-0.2, -0.15) is 0 Å². The molecule has 0 aliphatic carbocycles. The molecule has 15 heavy (non-hydrogen) atoms. The predicted molar refractivity (Wildman–Crippen MR) is 63.2 cm³/mol. The molecule has 0 spiro atoms. The van der Waals surface area contributed by atoms with Crippen LogP contribution < -0.4 is 5.32 Å². The van der Waals surface area contributed by atoms with E-state index in [4.69, 9.17) is 11.6 Å². The molecule has 0 aromatic heterocycles. The Labute approximate surface area is 95.6 Å². The van der Waals surface area contributed by atoms with Gasteiger partial charge in [-0.1, -0.05) is 26.0 Å². The van der Waals surface area contributed by atoms with Crippen molar-refractivity contribution in [3.63, 3.8) is 0 Å². The highest BCUT2D eigenvalue weighted by Crippen LogP contribution is 2.06. The molecule has 0 bridgehead atoms. The van der Waals surface area contributed by atoms with E-state index in [0.29, 0.717) is 23.9 Å². The zero-order valence-electron chi connectivity index (χ0n) is 9.09. The Hall–Kier alpha value is -1.02. The minimum Gasteiger partial charge on any atom is -0.352 e. The predicted octanol–water partition coefficient (Wildman–Crippen LogP) is 2.81. The van der Waals surface area contributed by atoms with E-state index in [9.17, 15) is 4.79 Å². The molecule has 1 N–H and O–H groups in total. The van der Waals surface area contributed by atoms with Crippen molar-refractivity contribution in [2.75, 3.05) is 6.54 Å². The maximum atomic E-state index is 11.6. The molecule has 0 unspecified atom stereocenters. The lowest BCUT2D eigenvalue weighted by Crippen LogP contribution is -2.27. The van der Waals surface area contributed by atoms with E-state index in [2.05, 4.69) is 19.2 Å². The summed E-state index contributed by atoms with van der Waals surface area (Å²) in [5.74, 6) is 0.925. The summed E-state index contributed by atoms with van der Waals surface area (Å²) in [6, 6.07) is 7.34. The molecule has 1 amide bonds. The van der Waals surface area contributed by atoms with Crippen molar-refractivity contribution < 1.29 is 4.79 Å². The summed E-state index contributed by atoms with van der Waals surface area (Å²) in [6.07, 6.45) is 0. The Bertz CT molecular complexity index is 319. The van der Waals surface area contributed by atoms with E-state index in [1.807, 2.05) is 12.1 Å². The highest BCUT2D eigenvalue weighted by molar-refractivity contribution is 6.17. The SMILES string of the molecule is CC(C)CNC(=O)c1ccc(CCl)cc1. The van der Waals surface area contributed by atoms with Crippen LogP contribution in [0.5, 0.6) is 0 Å². The number of rotatable bonds is 4. The minimum absolute atomic E-state index is 0.0233. The van der Waals surface area contributed by atoms with Crippen LogP contribution >= 0.6 is 11.6 Å². The van der Waals surface area contributed by atoms with Crippen molar-refractivity contribution in [2.24, 2.45) is 5.92 Å². The summed E-state index contributed by atoms with van der Waals surface area (Å²) in [4.78, 5) is 11.6. The summed E-state index contributed by atoms with van der Waals surface area (Å²) in [6.45, 7) is 4.84. The maximum absolute atomic E-state index is 11.6. The molecule has 2 nitrogen and oxygen atoms in total. The van der Waals surface area contributed by atoms with Crippen LogP contribution in [0, 0.1) is 5.92 Å². The van der Waals surface area contributed by atoms with Gasteiger partial charge in [0, 0.05) is 18.0 Å². The number of alkyl halides is 1. The van der Waals surface area contributed by atoms with Gasteiger partial charge in [0.25, 0.3) is 5.91 Å². The largest absolute Gasteiger partial charge is 0.352 e. The number of carbonyl (C=O) groups excluding carboxylic acids is 1. The van der Waals surface area contributed by atoms with Gasteiger partial charge in [0.05, 0.1) is 0 Å². The Morgan fingerprint density at radius 1 is 1.33 bits per heavy atom. The fraction of sp³-hybridized carbons (Fsp3) is 0.417. The van der Waals surface area contributed by atoms with Gasteiger partial charge in [0.1, 0.15) is 0 Å². The number of halogens is 1. The molecule has 1 aromatic carbocycles. The molecule has 0 heterocycles. The van der Waals surface area contributed by atoms with Gasteiger partial charge in [-0.15, -0.1) is 11.6 Å². The first-order chi connectivity index (χ1) is 7.13. The third kappa shape index (κ3) is 3.92. The van der Waals surface area contributed by atoms with Gasteiger partial charge in [-0.05, 0) is 23.6 Å². The minimum atomic E-state index is -0.0233. The number of carbonyl (C=O) groups is 1. The fourth-order valence-corrected chi connectivity index (χ4v) is 1.32. The van der Waals surface area contributed by atoms with Crippen molar-refractivity contribution in [3.05, 3.63) is 35.4 Å². The van der Waals surface area contributed by atoms with Gasteiger partial charge < -0.3 is 5.32 Å². The first-order valence-corrected chi connectivity index (χ1v) is 5.60. The van der Waals surface area contributed by atoms with Crippen molar-refractivity contribution in [3.8, 4) is 0 Å². The van der Waals surface area contributed by atoms with Crippen LogP contribution in [-0.4, -0.2) is 12.5 Å². The summed E-state index contributed by atoms with van der Waals surface area (Å²) >= 11 is 5.66. The van der Waals surface area contributed by atoms with Gasteiger partial charge in [0.15, 0.2) is 0 Å². The highest BCUT2D eigenvalue weighted by atomic mass is 35.5. The number of nitrogens with one attached hydrogen (secondary N) is 1. The van der Waals surface area contributed by atoms with Crippen LogP contribution in [0.4, 0.5) is 0 Å². The van der Waals surface area contributed by atoms with E-state index < -0.39 is 0 Å². The van der Waals surface area contributed by atoms with E-state index in [1.54, 1.807) is 12.1 Å². The molecule has 0 aliphatic heterocycles. The van der Waals surface area contributed by atoms with Gasteiger partial charge in [-0.3, -0.25) is 4.79 Å². The Morgan fingerprint density at radius 2 is 1.93 bits per heavy atom. The zero-order chi connectivity index (χ0) is 11.3. The standard InChI is InChI=1S/C12H16ClNO/c1-9(2)8-14-12(15)11-5-3-10(7-13)4-6-11/h3-6,9H,7-8H2,1-2H3,(H,14,15). The van der Waals surface area contributed by atoms with Crippen LogP contribution in [0.25, 0.3) is 0 Å². The smallest absolute Gasteiger partial charge is 0.251 e. The summed E-state index contributed by atoms with van der Waals surface area (Å²) in [5, 5.41) is 2.86. The van der Waals surface area contributed by atoms with Crippen molar-refractivity contribution in [2.45, 2.75) is 19.7 Å². The Balaban J connectivity index is 2.58. The van der Waals surface area contributed by atoms with Crippen molar-refractivity contribution >= 4 is 17.5 Å². The van der Waals surface area contributed by atoms with E-state index in [1.165, 1.54) is 0 Å². The maximum Gasteiger partial charge on any atom is 0.251 e. The van der Waals surface area contributed by atoms with Crippen LogP contribution in [0.15, 0.2) is 24.3 Å². The average Bonchev–Trinajstić information content (AvgIpc) is 2.26. The molecule has 0 fully saturated rings. The molecule has 0 radical (unpaired) electrons. The number of benzene rings is 1. The molecule has 0 atom stereocenters. The summed E-state index contributed by atoms with van der Waals surface area (Å²) in [7, 11) is 0. The average molecular weight is 226 g/mol. The lowest BCUT2D eigenvalue weighted by Gasteiger charge is -2.07. The molecule has 3 heteroatoms. The van der Waals surface area contributed by atoms with Gasteiger partial charge >= 0.3 is 0 Å². The normalized spacial score (nSPS) is 10.4. The third-order valence-corrected chi connectivity index (χ3v) is 2.35. The van der Waals surface area contributed by atoms with Crippen LogP contribution in [0.2, 0.25) is 0 Å². The number of hydrogen-bond acceptors (Lipinski definition) is 1. The van der Waals surface area contributed by atoms with Gasteiger partial charge in [-0.25, -0.2) is 0 Å². The topological polar surface area (TPSA) is 29.1 Å². The van der Waals surface area contributed by atoms with Crippen LogP contribution in [0.1, 0.15) is 29.8 Å². The molecule has 0 saturated heterocycles. The fourth-order valence-electron chi connectivity index (χ4n) is 1.14. The van der Waals surface area contributed by atoms with E-state index in [0.717, 1.165) is 5.56 Å². The van der Waals surface area contributed by atoms with E-state index >= 15 is 0 Å². The molecular formula is C12H16ClNO. The van der Waals surface area contributed by atoms with E-state index in [-0.39, 0.29) is 5.91 Å². The quantitative estimate of drug-likeness (QED) is 0.785. The monoisotopic (exact) mass is 225 g/mol. The third-order valence-electron chi connectivity index (χ3n) is 2.04. The Morgan fingerprint density at radius 3 is 2.40 bits per heavy atom. The summed E-state index contributed by atoms with van der Waals surface area (Å²) in [5.41, 5.74) is 1.71.